The van der Waals surface area contributed by atoms with Crippen LogP contribution in [-0.4, -0.2) is 12.8 Å². The van der Waals surface area contributed by atoms with E-state index >= 15 is 0 Å². The molecule has 0 aliphatic rings. The molecule has 0 atom stereocenters. The van der Waals surface area contributed by atoms with Gasteiger partial charge in [0.2, 0.25) is 0 Å². The van der Waals surface area contributed by atoms with Gasteiger partial charge in [-0.15, -0.1) is 0 Å². The molecule has 0 saturated carbocycles. The number of aliphatic imine (C=N–C) groups is 1. The number of nitrogens with zero attached hydrogens (tertiary/aromatic N) is 1. The predicted molar refractivity (Wildman–Crippen MR) is 134 cm³/mol. The Hall–Kier alpha value is -3.01. The normalized spacial score (nSPS) is 11.2. The Labute approximate surface area is 198 Å². The van der Waals surface area contributed by atoms with Crippen molar-refractivity contribution in [3.8, 4) is 11.5 Å². The van der Waals surface area contributed by atoms with E-state index in [0.29, 0.717) is 34.8 Å². The Bertz CT molecular complexity index is 1280. The highest BCUT2D eigenvalue weighted by Gasteiger charge is 2.13. The lowest BCUT2D eigenvalue weighted by atomic mass is 10.1. The molecule has 162 valence electrons. The molecule has 0 aliphatic carbocycles. The van der Waals surface area contributed by atoms with Crippen LogP contribution in [0, 0.1) is 6.92 Å². The highest BCUT2D eigenvalue weighted by Crippen LogP contribution is 2.37. The van der Waals surface area contributed by atoms with Gasteiger partial charge in [0, 0.05) is 11.2 Å². The SMILES string of the molecule is CCOc1cc(C=Nc2cc(Cl)ccc2C)cc(Cl)c1OCc1cccc2ccccc12. The highest BCUT2D eigenvalue weighted by molar-refractivity contribution is 6.32. The van der Waals surface area contributed by atoms with E-state index in [1.54, 1.807) is 6.21 Å². The van der Waals surface area contributed by atoms with Crippen molar-refractivity contribution in [1.82, 2.24) is 0 Å². The van der Waals surface area contributed by atoms with Crippen LogP contribution in [0.2, 0.25) is 10.0 Å². The fraction of sp³-hybridized carbons (Fsp3) is 0.148. The van der Waals surface area contributed by atoms with Gasteiger partial charge in [-0.2, -0.15) is 0 Å². The average molecular weight is 464 g/mol. The van der Waals surface area contributed by atoms with Gasteiger partial charge < -0.3 is 9.47 Å². The molecule has 3 nitrogen and oxygen atoms in total. The summed E-state index contributed by atoms with van der Waals surface area (Å²) in [6.45, 7) is 4.80. The first kappa shape index (κ1) is 22.2. The van der Waals surface area contributed by atoms with Gasteiger partial charge in [-0.05, 0) is 65.6 Å². The summed E-state index contributed by atoms with van der Waals surface area (Å²) in [5, 5.41) is 3.45. The summed E-state index contributed by atoms with van der Waals surface area (Å²) >= 11 is 12.7. The molecule has 0 spiro atoms. The van der Waals surface area contributed by atoms with Gasteiger partial charge in [0.05, 0.1) is 17.3 Å². The van der Waals surface area contributed by atoms with E-state index in [-0.39, 0.29) is 0 Å². The number of benzene rings is 4. The summed E-state index contributed by atoms with van der Waals surface area (Å²) in [4.78, 5) is 4.57. The van der Waals surface area contributed by atoms with Gasteiger partial charge in [0.15, 0.2) is 11.5 Å². The van der Waals surface area contributed by atoms with Crippen LogP contribution in [0.15, 0.2) is 77.8 Å². The average Bonchev–Trinajstić information content (AvgIpc) is 2.79. The minimum absolute atomic E-state index is 0.385. The molecule has 0 N–H and O–H groups in total. The summed E-state index contributed by atoms with van der Waals surface area (Å²) in [7, 11) is 0. The molecular weight excluding hydrogens is 441 g/mol. The van der Waals surface area contributed by atoms with Crippen molar-refractivity contribution in [1.29, 1.82) is 0 Å². The van der Waals surface area contributed by atoms with Crippen LogP contribution in [0.1, 0.15) is 23.6 Å². The van der Waals surface area contributed by atoms with Crippen LogP contribution in [0.4, 0.5) is 5.69 Å². The molecule has 0 aromatic heterocycles. The first-order chi connectivity index (χ1) is 15.5. The zero-order valence-corrected chi connectivity index (χ0v) is 19.5. The van der Waals surface area contributed by atoms with Crippen molar-refractivity contribution >= 4 is 45.9 Å². The van der Waals surface area contributed by atoms with Crippen molar-refractivity contribution in [3.05, 3.63) is 99.5 Å². The third-order valence-corrected chi connectivity index (χ3v) is 5.62. The van der Waals surface area contributed by atoms with Gasteiger partial charge >= 0.3 is 0 Å². The predicted octanol–water partition coefficient (Wildman–Crippen LogP) is 8.18. The van der Waals surface area contributed by atoms with Gasteiger partial charge in [0.1, 0.15) is 6.61 Å². The molecule has 0 fully saturated rings. The molecule has 0 unspecified atom stereocenters. The molecule has 4 aromatic rings. The van der Waals surface area contributed by atoms with Gasteiger partial charge in [-0.1, -0.05) is 71.7 Å². The van der Waals surface area contributed by atoms with E-state index in [1.807, 2.05) is 62.4 Å². The quantitative estimate of drug-likeness (QED) is 0.258. The number of aryl methyl sites for hydroxylation is 1. The third-order valence-electron chi connectivity index (χ3n) is 5.11. The Morgan fingerprint density at radius 2 is 1.72 bits per heavy atom. The second kappa shape index (κ2) is 10.1. The van der Waals surface area contributed by atoms with Crippen molar-refractivity contribution in [2.75, 3.05) is 6.61 Å². The van der Waals surface area contributed by atoms with Gasteiger partial charge in [0.25, 0.3) is 0 Å². The van der Waals surface area contributed by atoms with Gasteiger partial charge in [-0.25, -0.2) is 0 Å². The van der Waals surface area contributed by atoms with Crippen molar-refractivity contribution in [2.45, 2.75) is 20.5 Å². The molecule has 5 heteroatoms. The number of halogens is 2. The minimum Gasteiger partial charge on any atom is -0.490 e. The molecule has 0 saturated heterocycles. The van der Waals surface area contributed by atoms with Crippen molar-refractivity contribution < 1.29 is 9.47 Å². The summed E-state index contributed by atoms with van der Waals surface area (Å²) in [6.07, 6.45) is 1.75. The molecule has 0 heterocycles. The largest absolute Gasteiger partial charge is 0.490 e. The summed E-state index contributed by atoms with van der Waals surface area (Å²) in [5.74, 6) is 1.11. The minimum atomic E-state index is 0.385. The van der Waals surface area contributed by atoms with E-state index in [4.69, 9.17) is 32.7 Å². The molecule has 0 radical (unpaired) electrons. The van der Waals surface area contributed by atoms with E-state index in [9.17, 15) is 0 Å². The van der Waals surface area contributed by atoms with E-state index in [1.165, 1.54) is 5.39 Å². The number of ether oxygens (including phenoxy) is 2. The topological polar surface area (TPSA) is 30.8 Å². The van der Waals surface area contributed by atoms with Crippen LogP contribution >= 0.6 is 23.2 Å². The van der Waals surface area contributed by atoms with Crippen LogP contribution in [-0.2, 0) is 6.61 Å². The smallest absolute Gasteiger partial charge is 0.180 e. The lowest BCUT2D eigenvalue weighted by Crippen LogP contribution is -2.02. The standard InChI is InChI=1S/C27H23Cl2NO2/c1-3-31-26-14-19(16-30-25-15-22(28)12-11-18(25)2)13-24(29)27(26)32-17-21-9-6-8-20-7-4-5-10-23(20)21/h4-16H,3,17H2,1-2H3. The maximum atomic E-state index is 6.61. The molecule has 32 heavy (non-hydrogen) atoms. The molecule has 0 amide bonds. The first-order valence-electron chi connectivity index (χ1n) is 10.4. The van der Waals surface area contributed by atoms with Gasteiger partial charge in [-0.3, -0.25) is 4.99 Å². The van der Waals surface area contributed by atoms with Crippen LogP contribution in [0.3, 0.4) is 0 Å². The third kappa shape index (κ3) is 5.07. The number of hydrogen-bond acceptors (Lipinski definition) is 3. The zero-order valence-electron chi connectivity index (χ0n) is 17.9. The molecule has 4 rings (SSSR count). The van der Waals surface area contributed by atoms with Crippen LogP contribution < -0.4 is 9.47 Å². The van der Waals surface area contributed by atoms with Crippen molar-refractivity contribution in [3.63, 3.8) is 0 Å². The Morgan fingerprint density at radius 1 is 0.906 bits per heavy atom. The second-order valence-corrected chi connectivity index (χ2v) is 8.22. The van der Waals surface area contributed by atoms with Crippen LogP contribution in [0.5, 0.6) is 11.5 Å². The fourth-order valence-electron chi connectivity index (χ4n) is 3.50. The fourth-order valence-corrected chi connectivity index (χ4v) is 3.94. The van der Waals surface area contributed by atoms with E-state index in [2.05, 4.69) is 29.3 Å². The zero-order chi connectivity index (χ0) is 22.5. The maximum Gasteiger partial charge on any atom is 0.180 e. The number of fused-ring (bicyclic) bond motifs is 1. The number of rotatable bonds is 7. The molecule has 4 aromatic carbocycles. The Balaban J connectivity index is 1.61. The number of hydrogen-bond donors (Lipinski definition) is 0. The summed E-state index contributed by atoms with van der Waals surface area (Å²) in [5.41, 5.74) is 3.75. The molecular formula is C27H23Cl2NO2. The van der Waals surface area contributed by atoms with Crippen molar-refractivity contribution in [2.24, 2.45) is 4.99 Å². The maximum absolute atomic E-state index is 6.61. The van der Waals surface area contributed by atoms with Crippen LogP contribution in [0.25, 0.3) is 10.8 Å². The molecule has 0 aliphatic heterocycles. The summed E-state index contributed by atoms with van der Waals surface area (Å²) in [6, 6.07) is 23.8. The first-order valence-corrected chi connectivity index (χ1v) is 11.2. The van der Waals surface area contributed by atoms with E-state index in [0.717, 1.165) is 27.8 Å². The Kier molecular flexibility index (Phi) is 6.99. The second-order valence-electron chi connectivity index (χ2n) is 7.38. The summed E-state index contributed by atoms with van der Waals surface area (Å²) < 4.78 is 12.0. The molecule has 0 bridgehead atoms. The lowest BCUT2D eigenvalue weighted by Gasteiger charge is -2.15. The lowest BCUT2D eigenvalue weighted by molar-refractivity contribution is 0.270. The Morgan fingerprint density at radius 3 is 2.56 bits per heavy atom. The van der Waals surface area contributed by atoms with E-state index < -0.39 is 0 Å². The highest BCUT2D eigenvalue weighted by atomic mass is 35.5. The monoisotopic (exact) mass is 463 g/mol.